The third kappa shape index (κ3) is 16.0. The van der Waals surface area contributed by atoms with Crippen molar-refractivity contribution in [2.24, 2.45) is 0 Å². The molecule has 1 atom stereocenters. The average Bonchev–Trinajstić information content (AvgIpc) is 3.36. The zero-order valence-electron chi connectivity index (χ0n) is 24.8. The molecule has 0 aliphatic rings. The van der Waals surface area contributed by atoms with Crippen molar-refractivity contribution in [3.63, 3.8) is 0 Å². The van der Waals surface area contributed by atoms with E-state index in [9.17, 15) is 9.46 Å². The van der Waals surface area contributed by atoms with Gasteiger partial charge in [0.25, 0.3) is 0 Å². The molecular formula is C29H54N5O5P. The fourth-order valence-electron chi connectivity index (χ4n) is 4.66. The first-order chi connectivity index (χ1) is 19.5. The normalized spacial score (nSPS) is 13.2. The number of rotatable bonds is 27. The molecule has 0 aromatic carbocycles. The summed E-state index contributed by atoms with van der Waals surface area (Å²) in [6.45, 7) is 4.33. The highest BCUT2D eigenvalue weighted by molar-refractivity contribution is 7.52. The van der Waals surface area contributed by atoms with Gasteiger partial charge in [-0.2, -0.15) is 0 Å². The molecule has 40 heavy (non-hydrogen) atoms. The number of hydrogen-bond donors (Lipinski definition) is 2. The predicted molar refractivity (Wildman–Crippen MR) is 161 cm³/mol. The smallest absolute Gasteiger partial charge is 0.353 e. The Morgan fingerprint density at radius 2 is 1.32 bits per heavy atom. The van der Waals surface area contributed by atoms with E-state index in [0.717, 1.165) is 13.0 Å². The molecule has 2 rings (SSSR count). The topological polar surface area (TPSA) is 135 Å². The van der Waals surface area contributed by atoms with Crippen LogP contribution in [0.2, 0.25) is 0 Å². The summed E-state index contributed by atoms with van der Waals surface area (Å²) in [4.78, 5) is 22.2. The van der Waals surface area contributed by atoms with Crippen molar-refractivity contribution in [1.82, 2.24) is 19.5 Å². The van der Waals surface area contributed by atoms with E-state index >= 15 is 0 Å². The van der Waals surface area contributed by atoms with Crippen molar-refractivity contribution in [2.75, 3.05) is 38.5 Å². The molecule has 0 aliphatic carbocycles. The Morgan fingerprint density at radius 3 is 1.95 bits per heavy atom. The summed E-state index contributed by atoms with van der Waals surface area (Å²) in [6, 6.07) is 0. The number of imidazole rings is 1. The lowest BCUT2D eigenvalue weighted by Crippen LogP contribution is -2.08. The van der Waals surface area contributed by atoms with E-state index in [-0.39, 0.29) is 19.6 Å². The molecule has 2 aromatic heterocycles. The first-order valence-electron chi connectivity index (χ1n) is 15.6. The van der Waals surface area contributed by atoms with Crippen molar-refractivity contribution < 1.29 is 23.5 Å². The third-order valence-electron chi connectivity index (χ3n) is 7.03. The summed E-state index contributed by atoms with van der Waals surface area (Å²) in [5.74, 6) is 0.312. The minimum Gasteiger partial charge on any atom is -0.382 e. The van der Waals surface area contributed by atoms with Crippen LogP contribution in [0, 0.1) is 0 Å². The first-order valence-corrected chi connectivity index (χ1v) is 17.3. The van der Waals surface area contributed by atoms with E-state index in [2.05, 4.69) is 21.9 Å². The SMILES string of the molecule is CCCCCCCCCCCCCCCCCCOCCCOP(=O)(O)COCCn1cnc2c(N)ncnc21. The van der Waals surface area contributed by atoms with Crippen molar-refractivity contribution in [2.45, 2.75) is 123 Å². The quantitative estimate of drug-likeness (QED) is 0.0823. The molecule has 0 spiro atoms. The van der Waals surface area contributed by atoms with Crippen molar-refractivity contribution in [1.29, 1.82) is 0 Å². The van der Waals surface area contributed by atoms with E-state index < -0.39 is 7.60 Å². The molecule has 0 saturated carbocycles. The fourth-order valence-corrected chi connectivity index (χ4v) is 5.51. The number of ether oxygens (including phenoxy) is 2. The molecule has 0 fully saturated rings. The average molecular weight is 584 g/mol. The number of nitrogens with two attached hydrogens (primary N) is 1. The molecule has 0 radical (unpaired) electrons. The number of nitrogen functional groups attached to an aromatic ring is 1. The standard InChI is InChI=1S/C29H54N5O5P/c1-2-3-4-5-6-7-8-9-10-11-12-13-14-15-16-17-20-37-21-18-22-39-40(35,36)26-38-23-19-34-25-33-27-28(30)31-24-32-29(27)34/h24-25H,2-23,26H2,1H3,(H,35,36)(H2,30,31,32). The van der Waals surface area contributed by atoms with Gasteiger partial charge in [-0.1, -0.05) is 103 Å². The number of hydrogen-bond acceptors (Lipinski definition) is 8. The Morgan fingerprint density at radius 1 is 0.750 bits per heavy atom. The number of fused-ring (bicyclic) bond motifs is 1. The van der Waals surface area contributed by atoms with Crippen LogP contribution in [-0.4, -0.2) is 57.2 Å². The van der Waals surface area contributed by atoms with Gasteiger partial charge in [-0.25, -0.2) is 15.0 Å². The van der Waals surface area contributed by atoms with Crippen molar-refractivity contribution in [3.8, 4) is 0 Å². The minimum atomic E-state index is -3.80. The van der Waals surface area contributed by atoms with E-state index in [1.807, 2.05) is 0 Å². The van der Waals surface area contributed by atoms with Crippen LogP contribution in [-0.2, 0) is 25.1 Å². The molecule has 2 aromatic rings. The Kier molecular flexibility index (Phi) is 19.1. The lowest BCUT2D eigenvalue weighted by atomic mass is 10.0. The van der Waals surface area contributed by atoms with Crippen LogP contribution >= 0.6 is 7.60 Å². The highest BCUT2D eigenvalue weighted by Crippen LogP contribution is 2.41. The third-order valence-corrected chi connectivity index (χ3v) is 8.12. The first kappa shape index (κ1) is 34.6. The highest BCUT2D eigenvalue weighted by Gasteiger charge is 2.19. The van der Waals surface area contributed by atoms with E-state index in [4.69, 9.17) is 19.7 Å². The van der Waals surface area contributed by atoms with Crippen molar-refractivity contribution in [3.05, 3.63) is 12.7 Å². The minimum absolute atomic E-state index is 0.165. The maximum Gasteiger partial charge on any atom is 0.353 e. The molecule has 1 unspecified atom stereocenters. The second-order valence-electron chi connectivity index (χ2n) is 10.6. The Balaban J connectivity index is 1.31. The largest absolute Gasteiger partial charge is 0.382 e. The molecular weight excluding hydrogens is 529 g/mol. The number of unbranched alkanes of at least 4 members (excludes halogenated alkanes) is 15. The van der Waals surface area contributed by atoms with Crippen molar-refractivity contribution >= 4 is 24.6 Å². The maximum atomic E-state index is 12.1. The second-order valence-corrected chi connectivity index (χ2v) is 12.4. The van der Waals surface area contributed by atoms with Gasteiger partial charge in [-0.05, 0) is 12.8 Å². The Bertz CT molecular complexity index is 945. The summed E-state index contributed by atoms with van der Waals surface area (Å²) in [6.07, 6.45) is 24.8. The van der Waals surface area contributed by atoms with Crippen LogP contribution in [0.4, 0.5) is 5.82 Å². The van der Waals surface area contributed by atoms with Gasteiger partial charge in [0, 0.05) is 19.8 Å². The molecule has 0 amide bonds. The van der Waals surface area contributed by atoms with E-state index in [1.54, 1.807) is 10.9 Å². The van der Waals surface area contributed by atoms with Crippen LogP contribution in [0.3, 0.4) is 0 Å². The molecule has 11 heteroatoms. The number of nitrogens with zero attached hydrogens (tertiary/aromatic N) is 4. The summed E-state index contributed by atoms with van der Waals surface area (Å²) in [7, 11) is -3.80. The van der Waals surface area contributed by atoms with Crippen LogP contribution in [0.5, 0.6) is 0 Å². The monoisotopic (exact) mass is 583 g/mol. The number of aromatic nitrogens is 4. The van der Waals surface area contributed by atoms with Gasteiger partial charge < -0.3 is 29.2 Å². The van der Waals surface area contributed by atoms with Crippen LogP contribution in [0.15, 0.2) is 12.7 Å². The summed E-state index contributed by atoms with van der Waals surface area (Å²) >= 11 is 0. The van der Waals surface area contributed by atoms with E-state index in [1.165, 1.54) is 103 Å². The van der Waals surface area contributed by atoms with E-state index in [0.29, 0.717) is 36.6 Å². The summed E-state index contributed by atoms with van der Waals surface area (Å²) in [5, 5.41) is 0. The van der Waals surface area contributed by atoms with Gasteiger partial charge >= 0.3 is 7.60 Å². The Labute approximate surface area is 241 Å². The molecule has 0 bridgehead atoms. The molecule has 0 saturated heterocycles. The second kappa shape index (κ2) is 22.1. The van der Waals surface area contributed by atoms with Gasteiger partial charge in [-0.15, -0.1) is 0 Å². The zero-order chi connectivity index (χ0) is 28.7. The van der Waals surface area contributed by atoms with Gasteiger partial charge in [0.05, 0.1) is 19.5 Å². The highest BCUT2D eigenvalue weighted by atomic mass is 31.2. The van der Waals surface area contributed by atoms with Crippen LogP contribution in [0.25, 0.3) is 11.2 Å². The summed E-state index contributed by atoms with van der Waals surface area (Å²) < 4.78 is 30.0. The van der Waals surface area contributed by atoms with Crippen LogP contribution in [0.1, 0.15) is 116 Å². The molecule has 0 aliphatic heterocycles. The fraction of sp³-hybridized carbons (Fsp3) is 0.828. The van der Waals surface area contributed by atoms with Gasteiger partial charge in [-0.3, -0.25) is 4.57 Å². The number of anilines is 1. The Hall–Kier alpha value is -1.58. The molecule has 230 valence electrons. The summed E-state index contributed by atoms with van der Waals surface area (Å²) in [5.41, 5.74) is 6.89. The van der Waals surface area contributed by atoms with Gasteiger partial charge in [0.2, 0.25) is 0 Å². The lowest BCUT2D eigenvalue weighted by Gasteiger charge is -2.13. The maximum absolute atomic E-state index is 12.1. The molecule has 10 nitrogen and oxygen atoms in total. The zero-order valence-corrected chi connectivity index (χ0v) is 25.7. The van der Waals surface area contributed by atoms with Gasteiger partial charge in [0.1, 0.15) is 18.2 Å². The lowest BCUT2D eigenvalue weighted by molar-refractivity contribution is 0.106. The van der Waals surface area contributed by atoms with Crippen LogP contribution < -0.4 is 5.73 Å². The van der Waals surface area contributed by atoms with Gasteiger partial charge in [0.15, 0.2) is 11.5 Å². The molecule has 3 N–H and O–H groups in total. The molecule has 2 heterocycles. The predicted octanol–water partition coefficient (Wildman–Crippen LogP) is 7.25.